The molecule has 5 heteroatoms. The first kappa shape index (κ1) is 14.5. The molecular weight excluding hydrogens is 264 g/mol. The van der Waals surface area contributed by atoms with Crippen molar-refractivity contribution in [2.45, 2.75) is 26.4 Å². The van der Waals surface area contributed by atoms with Gasteiger partial charge in [-0.2, -0.15) is 0 Å². The Hall–Kier alpha value is -1.43. The van der Waals surface area contributed by atoms with Crippen molar-refractivity contribution in [3.63, 3.8) is 0 Å². The zero-order valence-electron chi connectivity index (χ0n) is 12.7. The van der Waals surface area contributed by atoms with Gasteiger partial charge in [0.2, 0.25) is 0 Å². The number of hydrogen-bond acceptors (Lipinski definition) is 4. The van der Waals surface area contributed by atoms with Crippen LogP contribution in [0.4, 0.5) is 0 Å². The number of benzene rings is 1. The first-order valence-corrected chi connectivity index (χ1v) is 7.77. The predicted molar refractivity (Wildman–Crippen MR) is 84.3 cm³/mol. The van der Waals surface area contributed by atoms with Crippen LogP contribution >= 0.6 is 0 Å². The van der Waals surface area contributed by atoms with E-state index in [1.54, 1.807) is 0 Å². The summed E-state index contributed by atoms with van der Waals surface area (Å²) in [5.41, 5.74) is 3.38. The zero-order valence-corrected chi connectivity index (χ0v) is 12.7. The molecule has 0 spiro atoms. The highest BCUT2D eigenvalue weighted by Gasteiger charge is 2.15. The van der Waals surface area contributed by atoms with Gasteiger partial charge in [-0.25, -0.2) is 4.98 Å². The largest absolute Gasteiger partial charge is 0.395 e. The molecule has 3 rings (SSSR count). The van der Waals surface area contributed by atoms with Gasteiger partial charge in [-0.05, 0) is 44.1 Å². The molecule has 1 aliphatic rings. The van der Waals surface area contributed by atoms with Gasteiger partial charge in [0, 0.05) is 19.6 Å². The van der Waals surface area contributed by atoms with Gasteiger partial charge in [0.15, 0.2) is 0 Å². The zero-order chi connectivity index (χ0) is 14.7. The summed E-state index contributed by atoms with van der Waals surface area (Å²) in [6, 6.07) is 6.34. The van der Waals surface area contributed by atoms with Crippen LogP contribution in [-0.2, 0) is 13.1 Å². The Kier molecular flexibility index (Phi) is 4.53. The van der Waals surface area contributed by atoms with Gasteiger partial charge in [-0.1, -0.05) is 6.07 Å². The van der Waals surface area contributed by atoms with Crippen molar-refractivity contribution >= 4 is 11.0 Å². The van der Waals surface area contributed by atoms with Crippen LogP contribution in [0.5, 0.6) is 0 Å². The van der Waals surface area contributed by atoms with E-state index < -0.39 is 0 Å². The van der Waals surface area contributed by atoms with Gasteiger partial charge in [0.25, 0.3) is 0 Å². The van der Waals surface area contributed by atoms with Crippen molar-refractivity contribution in [2.24, 2.45) is 0 Å². The smallest absolute Gasteiger partial charge is 0.124 e. The number of aliphatic hydroxyl groups is 1. The SMILES string of the molecule is Cc1ccc2c(c1)nc(CN1CCCNCC1)n2CCO. The lowest BCUT2D eigenvalue weighted by atomic mass is 10.2. The fraction of sp³-hybridized carbons (Fsp3) is 0.562. The number of nitrogens with zero attached hydrogens (tertiary/aromatic N) is 3. The van der Waals surface area contributed by atoms with Gasteiger partial charge in [0.05, 0.1) is 24.2 Å². The lowest BCUT2D eigenvalue weighted by molar-refractivity contribution is 0.256. The van der Waals surface area contributed by atoms with Crippen molar-refractivity contribution in [3.8, 4) is 0 Å². The van der Waals surface area contributed by atoms with E-state index in [4.69, 9.17) is 4.98 Å². The molecule has 0 bridgehead atoms. The van der Waals surface area contributed by atoms with Crippen LogP contribution < -0.4 is 5.32 Å². The minimum Gasteiger partial charge on any atom is -0.395 e. The number of imidazole rings is 1. The highest BCUT2D eigenvalue weighted by atomic mass is 16.3. The topological polar surface area (TPSA) is 53.3 Å². The third-order valence-corrected chi connectivity index (χ3v) is 4.10. The molecule has 0 radical (unpaired) electrons. The molecule has 2 aromatic rings. The number of hydrogen-bond donors (Lipinski definition) is 2. The van der Waals surface area contributed by atoms with Crippen molar-refractivity contribution in [1.29, 1.82) is 0 Å². The van der Waals surface area contributed by atoms with Gasteiger partial charge in [0.1, 0.15) is 5.82 Å². The summed E-state index contributed by atoms with van der Waals surface area (Å²) in [5, 5.41) is 12.8. The Balaban J connectivity index is 1.90. The third kappa shape index (κ3) is 3.26. The van der Waals surface area contributed by atoms with Crippen LogP contribution in [0.3, 0.4) is 0 Å². The van der Waals surface area contributed by atoms with Crippen molar-refractivity contribution < 1.29 is 5.11 Å². The summed E-state index contributed by atoms with van der Waals surface area (Å²) in [6.45, 7) is 8.01. The Morgan fingerprint density at radius 3 is 3.05 bits per heavy atom. The minimum absolute atomic E-state index is 0.147. The Morgan fingerprint density at radius 1 is 1.29 bits per heavy atom. The summed E-state index contributed by atoms with van der Waals surface area (Å²) in [5.74, 6) is 1.06. The molecule has 21 heavy (non-hydrogen) atoms. The van der Waals surface area contributed by atoms with Crippen molar-refractivity contribution in [2.75, 3.05) is 32.8 Å². The van der Waals surface area contributed by atoms with Gasteiger partial charge in [-0.3, -0.25) is 4.90 Å². The molecule has 1 saturated heterocycles. The van der Waals surface area contributed by atoms with Crippen molar-refractivity contribution in [3.05, 3.63) is 29.6 Å². The maximum Gasteiger partial charge on any atom is 0.124 e. The van der Waals surface area contributed by atoms with E-state index in [9.17, 15) is 5.11 Å². The number of aryl methyl sites for hydroxylation is 1. The summed E-state index contributed by atoms with van der Waals surface area (Å²) in [7, 11) is 0. The van der Waals surface area contributed by atoms with E-state index in [1.165, 1.54) is 12.0 Å². The molecule has 0 atom stereocenters. The first-order valence-electron chi connectivity index (χ1n) is 7.77. The fourth-order valence-electron chi connectivity index (χ4n) is 3.02. The van der Waals surface area contributed by atoms with Crippen LogP contribution in [0, 0.1) is 6.92 Å². The standard InChI is InChI=1S/C16H24N4O/c1-13-3-4-15-14(11-13)18-16(20(15)9-10-21)12-19-7-2-5-17-6-8-19/h3-4,11,17,21H,2,5-10,12H2,1H3. The minimum atomic E-state index is 0.147. The predicted octanol–water partition coefficient (Wildman–Crippen LogP) is 1.13. The number of nitrogens with one attached hydrogen (secondary N) is 1. The highest BCUT2D eigenvalue weighted by Crippen LogP contribution is 2.19. The van der Waals surface area contributed by atoms with Crippen LogP contribution in [0.15, 0.2) is 18.2 Å². The average Bonchev–Trinajstić information content (AvgIpc) is 2.65. The molecule has 2 heterocycles. The summed E-state index contributed by atoms with van der Waals surface area (Å²) >= 11 is 0. The van der Waals surface area contributed by atoms with E-state index >= 15 is 0 Å². The molecule has 2 N–H and O–H groups in total. The second-order valence-electron chi connectivity index (χ2n) is 5.78. The molecule has 1 aromatic carbocycles. The maximum atomic E-state index is 9.36. The Bertz CT molecular complexity index is 600. The molecule has 1 aliphatic heterocycles. The molecule has 0 saturated carbocycles. The molecule has 1 aromatic heterocycles. The molecule has 114 valence electrons. The lowest BCUT2D eigenvalue weighted by Gasteiger charge is -2.19. The van der Waals surface area contributed by atoms with Crippen LogP contribution in [0.1, 0.15) is 17.8 Å². The second-order valence-corrected chi connectivity index (χ2v) is 5.78. The quantitative estimate of drug-likeness (QED) is 0.885. The van der Waals surface area contributed by atoms with Crippen LogP contribution in [0.2, 0.25) is 0 Å². The molecule has 5 nitrogen and oxygen atoms in total. The molecule has 0 unspecified atom stereocenters. The third-order valence-electron chi connectivity index (χ3n) is 4.10. The molecule has 0 aliphatic carbocycles. The number of aromatic nitrogens is 2. The molecule has 1 fully saturated rings. The fourth-order valence-corrected chi connectivity index (χ4v) is 3.02. The van der Waals surface area contributed by atoms with Crippen molar-refractivity contribution in [1.82, 2.24) is 19.8 Å². The summed E-state index contributed by atoms with van der Waals surface area (Å²) < 4.78 is 2.16. The van der Waals surface area contributed by atoms with E-state index in [1.807, 2.05) is 0 Å². The van der Waals surface area contributed by atoms with Gasteiger partial charge >= 0.3 is 0 Å². The number of aliphatic hydroxyl groups excluding tert-OH is 1. The van der Waals surface area contributed by atoms with Crippen LogP contribution in [0.25, 0.3) is 11.0 Å². The number of fused-ring (bicyclic) bond motifs is 1. The lowest BCUT2D eigenvalue weighted by Crippen LogP contribution is -2.29. The van der Waals surface area contributed by atoms with Gasteiger partial charge in [-0.15, -0.1) is 0 Å². The van der Waals surface area contributed by atoms with Crippen LogP contribution in [-0.4, -0.2) is 52.3 Å². The van der Waals surface area contributed by atoms with E-state index in [0.29, 0.717) is 6.54 Å². The summed E-state index contributed by atoms with van der Waals surface area (Å²) in [6.07, 6.45) is 1.18. The van der Waals surface area contributed by atoms with Gasteiger partial charge < -0.3 is 15.0 Å². The summed E-state index contributed by atoms with van der Waals surface area (Å²) in [4.78, 5) is 7.25. The number of rotatable bonds is 4. The Labute approximate surface area is 125 Å². The normalized spacial score (nSPS) is 17.2. The second kappa shape index (κ2) is 6.56. The highest BCUT2D eigenvalue weighted by molar-refractivity contribution is 5.76. The van der Waals surface area contributed by atoms with E-state index in [2.05, 4.69) is 39.9 Å². The van der Waals surface area contributed by atoms with E-state index in [0.717, 1.165) is 49.6 Å². The Morgan fingerprint density at radius 2 is 2.19 bits per heavy atom. The molecule has 0 amide bonds. The average molecular weight is 288 g/mol. The first-order chi connectivity index (χ1) is 10.3. The van der Waals surface area contributed by atoms with E-state index in [-0.39, 0.29) is 6.61 Å². The monoisotopic (exact) mass is 288 g/mol. The molecular formula is C16H24N4O. The maximum absolute atomic E-state index is 9.36.